The second kappa shape index (κ2) is 31.9. The molecule has 15 heterocycles. The molecule has 0 spiro atoms. The van der Waals surface area contributed by atoms with E-state index >= 15 is 0 Å². The van der Waals surface area contributed by atoms with Gasteiger partial charge >= 0.3 is 0 Å². The summed E-state index contributed by atoms with van der Waals surface area (Å²) in [5.41, 5.74) is 43.9. The summed E-state index contributed by atoms with van der Waals surface area (Å²) >= 11 is 0. The second-order valence-corrected chi connectivity index (χ2v) is 34.0. The number of hydrogen-bond acceptors (Lipinski definition) is 5. The molecule has 0 saturated carbocycles. The Morgan fingerprint density at radius 2 is 0.639 bits per heavy atom. The van der Waals surface area contributed by atoms with Crippen LogP contribution in [0.5, 0.6) is 0 Å². The van der Waals surface area contributed by atoms with Crippen molar-refractivity contribution in [1.82, 2.24) is 46.9 Å². The Balaban J connectivity index is 0.000000113. The Labute approximate surface area is 701 Å². The molecule has 15 aromatic heterocycles. The van der Waals surface area contributed by atoms with Crippen LogP contribution >= 0.6 is 0 Å². The fourth-order valence-electron chi connectivity index (χ4n) is 17.0. The highest BCUT2D eigenvalue weighted by Crippen LogP contribution is 2.36. The normalized spacial score (nSPS) is 12.2. The van der Waals surface area contributed by atoms with E-state index in [2.05, 4.69) is 342 Å². The molecule has 15 heteroatoms. The molecule has 0 fully saturated rings. The lowest BCUT2D eigenvalue weighted by molar-refractivity contribution is -0.660. The summed E-state index contributed by atoms with van der Waals surface area (Å²) in [6.07, 6.45) is 21.9. The molecule has 0 amide bonds. The van der Waals surface area contributed by atoms with Crippen molar-refractivity contribution in [3.8, 4) is 56.3 Å². The summed E-state index contributed by atoms with van der Waals surface area (Å²) in [7, 11) is 10.3. The van der Waals surface area contributed by atoms with Crippen LogP contribution in [0, 0.1) is 81.5 Å². The first kappa shape index (κ1) is 75.6. The van der Waals surface area contributed by atoms with Gasteiger partial charge in [0.2, 0.25) is 28.5 Å². The lowest BCUT2D eigenvalue weighted by Crippen LogP contribution is -2.32. The number of rotatable bonds is 7. The molecule has 0 saturated heterocycles. The van der Waals surface area contributed by atoms with E-state index < -0.39 is 6.85 Å². The maximum absolute atomic E-state index is 7.57. The summed E-state index contributed by atoms with van der Waals surface area (Å²) in [6, 6.07) is 67.4. The van der Waals surface area contributed by atoms with Crippen molar-refractivity contribution in [2.24, 2.45) is 40.7 Å². The van der Waals surface area contributed by atoms with Crippen molar-refractivity contribution in [3.63, 3.8) is 0 Å². The van der Waals surface area contributed by atoms with Gasteiger partial charge in [-0.2, -0.15) is 0 Å². The molecule has 0 aliphatic rings. The van der Waals surface area contributed by atoms with Gasteiger partial charge in [-0.15, -0.1) is 0 Å². The predicted molar refractivity (Wildman–Crippen MR) is 486 cm³/mol. The summed E-state index contributed by atoms with van der Waals surface area (Å²) in [4.78, 5) is 23.6. The highest BCUT2D eigenvalue weighted by molar-refractivity contribution is 5.91. The summed E-state index contributed by atoms with van der Waals surface area (Å²) < 4.78 is 44.1. The minimum Gasteiger partial charge on any atom is -0.300 e. The number of aryl methyl sites for hydroxylation is 16. The maximum atomic E-state index is 7.57. The molecule has 0 N–H and O–H groups in total. The number of aromatic nitrogens is 15. The predicted octanol–water partition coefficient (Wildman–Crippen LogP) is 21.0. The molecular weight excluding hydrogens is 1460 g/mol. The van der Waals surface area contributed by atoms with Crippen LogP contribution in [0.1, 0.15) is 117 Å². The van der Waals surface area contributed by atoms with Gasteiger partial charge in [-0.25, -0.2) is 47.8 Å². The van der Waals surface area contributed by atoms with Gasteiger partial charge in [0.15, 0.2) is 31.0 Å². The molecule has 0 atom stereocenters. The van der Waals surface area contributed by atoms with Crippen LogP contribution in [0.25, 0.3) is 140 Å². The number of fused-ring (bicyclic) bond motifs is 15. The standard InChI is InChI=1S/C24H28N3.C22H24N3.C20H20N3.2C19H18N3/c1-16-11-20-22(27-10-8-7-9-23(27)25-20)13-19(16)21-12-18(14-24(3,4)5)17(2)15-26(21)6;1-14(2)17-11-20(24(5)13-16(17)4)18-12-21-19(10-15(18)3)23-22-8-6-7-9-25(21)22;1-13-10-18(22(4)12-15(13)3)16-11-19-17(9-14(16)2)21-20-7-5-6-8-23(19)20;1-13-7-8-17(21(3)12-13)15-11-18-16(10-14(15)2)20-19-6-4-5-9-22(18)19;1-13-7-9-21(3)17(10-13)15-12-18-16(11-14(15)2)20-19-6-4-5-8-22(18)19/h7-13,15H,14H2,1-6H3;6-14H,1-5H3;5-12H,1-4H3;2*4-12H,1-3H3/q5*+1/i;;;1D3;. The molecule has 5 aromatic carbocycles. The monoisotopic (exact) mass is 1570 g/mol. The van der Waals surface area contributed by atoms with Crippen LogP contribution in [0.15, 0.2) is 256 Å². The zero-order valence-corrected chi connectivity index (χ0v) is 72.2. The highest BCUT2D eigenvalue weighted by Gasteiger charge is 2.25. The molecule has 20 rings (SSSR count). The lowest BCUT2D eigenvalue weighted by atomic mass is 9.86. The molecule has 0 radical (unpaired) electrons. The van der Waals surface area contributed by atoms with Crippen molar-refractivity contribution in [3.05, 3.63) is 328 Å². The average Bonchev–Trinajstić information content (AvgIpc) is 1.59. The fourth-order valence-corrected chi connectivity index (χ4v) is 17.0. The highest BCUT2D eigenvalue weighted by atomic mass is 15.0. The van der Waals surface area contributed by atoms with Gasteiger partial charge in [-0.3, -0.25) is 22.0 Å². The van der Waals surface area contributed by atoms with Gasteiger partial charge in [0.05, 0.1) is 83.0 Å². The fraction of sp³-hybridized carbons (Fsp3) is 0.231. The van der Waals surface area contributed by atoms with Crippen LogP contribution in [0.2, 0.25) is 0 Å². The summed E-state index contributed by atoms with van der Waals surface area (Å²) in [5, 5.41) is 0. The zero-order chi connectivity index (χ0) is 86.2. The maximum Gasteiger partial charge on any atom is 0.212 e. The van der Waals surface area contributed by atoms with E-state index in [1.807, 2.05) is 90.6 Å². The van der Waals surface area contributed by atoms with E-state index in [0.717, 1.165) is 107 Å². The van der Waals surface area contributed by atoms with E-state index in [1.54, 1.807) is 12.3 Å². The average molecular weight is 1570 g/mol. The molecule has 15 nitrogen and oxygen atoms in total. The molecule has 0 unspecified atom stereocenters. The molecule has 0 aliphatic heterocycles. The lowest BCUT2D eigenvalue weighted by Gasteiger charge is -2.19. The Morgan fingerprint density at radius 1 is 0.311 bits per heavy atom. The molecule has 119 heavy (non-hydrogen) atoms. The zero-order valence-electron chi connectivity index (χ0n) is 75.2. The molecular formula is C104H108N15+5. The quantitative estimate of drug-likeness (QED) is 0.148. The third-order valence-corrected chi connectivity index (χ3v) is 23.3. The number of imidazole rings is 5. The van der Waals surface area contributed by atoms with Gasteiger partial charge in [0, 0.05) is 93.7 Å². The third kappa shape index (κ3) is 15.7. The Hall–Kier alpha value is -13.4. The van der Waals surface area contributed by atoms with E-state index in [9.17, 15) is 0 Å². The Kier molecular flexibility index (Phi) is 20.3. The first-order valence-corrected chi connectivity index (χ1v) is 41.0. The van der Waals surface area contributed by atoms with Crippen LogP contribution in [-0.2, 0) is 41.7 Å². The number of pyridine rings is 10. The second-order valence-electron chi connectivity index (χ2n) is 34.0. The Morgan fingerprint density at radius 3 is 0.992 bits per heavy atom. The third-order valence-electron chi connectivity index (χ3n) is 23.3. The van der Waals surface area contributed by atoms with Crippen molar-refractivity contribution in [1.29, 1.82) is 0 Å². The number of benzene rings is 5. The van der Waals surface area contributed by atoms with Crippen molar-refractivity contribution in [2.45, 2.75) is 123 Å². The minimum atomic E-state index is -2.10. The SMILES string of the molecule is Cc1c[n+](C)c(-c2cc3c(cc2C)nc2ccccn23)cc1CC(C)(C)C.Cc1cc(-c2cc3c(cc2C)nc2ccccn23)[n+](C)cc1C.Cc1cc2nc3ccccn3c2cc1-c1cc(C(C)C)c(C)c[n+]1C.Cc1cc[n+](C)c(-c2cc3c(cc2C)nc2ccccn23)c1.[2H]C([2H])([2H])c1ccc(-c2cc3c(cc2C)nc2ccccn23)[n+](C)c1. The van der Waals surface area contributed by atoms with Crippen molar-refractivity contribution < 1.29 is 26.9 Å². The first-order chi connectivity index (χ1) is 58.2. The van der Waals surface area contributed by atoms with Crippen LogP contribution < -0.4 is 22.8 Å². The van der Waals surface area contributed by atoms with E-state index in [4.69, 9.17) is 24.0 Å². The van der Waals surface area contributed by atoms with Gasteiger partial charge in [0.25, 0.3) is 0 Å². The molecule has 0 aliphatic carbocycles. The largest absolute Gasteiger partial charge is 0.300 e. The van der Waals surface area contributed by atoms with Crippen LogP contribution in [-0.4, -0.2) is 46.9 Å². The first-order valence-electron chi connectivity index (χ1n) is 42.5. The number of nitrogens with zero attached hydrogens (tertiary/aromatic N) is 15. The van der Waals surface area contributed by atoms with E-state index in [0.29, 0.717) is 11.5 Å². The molecule has 0 bridgehead atoms. The van der Waals surface area contributed by atoms with Gasteiger partial charge in [-0.1, -0.05) is 65.0 Å². The smallest absolute Gasteiger partial charge is 0.212 e. The van der Waals surface area contributed by atoms with Crippen molar-refractivity contribution >= 4 is 83.4 Å². The van der Waals surface area contributed by atoms with Crippen LogP contribution in [0.3, 0.4) is 0 Å². The van der Waals surface area contributed by atoms with Gasteiger partial charge in [-0.05, 0) is 271 Å². The van der Waals surface area contributed by atoms with E-state index in [1.165, 1.54) is 106 Å². The molecule has 594 valence electrons. The number of hydrogen-bond donors (Lipinski definition) is 0. The van der Waals surface area contributed by atoms with E-state index in [-0.39, 0.29) is 5.41 Å². The summed E-state index contributed by atoms with van der Waals surface area (Å²) in [6.45, 7) is 30.9. The molecule has 20 aromatic rings. The topological polar surface area (TPSA) is 106 Å². The van der Waals surface area contributed by atoms with Crippen LogP contribution in [0.4, 0.5) is 0 Å². The van der Waals surface area contributed by atoms with Gasteiger partial charge in [0.1, 0.15) is 63.5 Å². The Bertz CT molecular complexity index is 7510. The summed E-state index contributed by atoms with van der Waals surface area (Å²) in [5.74, 6) is 0.514. The van der Waals surface area contributed by atoms with Gasteiger partial charge < -0.3 is 0 Å². The van der Waals surface area contributed by atoms with Crippen molar-refractivity contribution in [2.75, 3.05) is 0 Å². The minimum absolute atomic E-state index is 0.266.